The van der Waals surface area contributed by atoms with Gasteiger partial charge in [0.25, 0.3) is 5.91 Å². The summed E-state index contributed by atoms with van der Waals surface area (Å²) < 4.78 is 0. The summed E-state index contributed by atoms with van der Waals surface area (Å²) in [5.41, 5.74) is 1.59. The lowest BCUT2D eigenvalue weighted by molar-refractivity contribution is -0.120. The Morgan fingerprint density at radius 1 is 1.09 bits per heavy atom. The van der Waals surface area contributed by atoms with E-state index < -0.39 is 0 Å². The van der Waals surface area contributed by atoms with E-state index in [1.165, 1.54) is 11.3 Å². The van der Waals surface area contributed by atoms with Gasteiger partial charge in [-0.3, -0.25) is 9.59 Å². The highest BCUT2D eigenvalue weighted by atomic mass is 32.1. The van der Waals surface area contributed by atoms with Crippen LogP contribution in [0.3, 0.4) is 0 Å². The van der Waals surface area contributed by atoms with Crippen LogP contribution in [0, 0.1) is 11.8 Å². The first kappa shape index (κ1) is 16.8. The molecular formula is C18H18N2O2S. The van der Waals surface area contributed by atoms with Crippen molar-refractivity contribution < 1.29 is 9.59 Å². The number of benzene rings is 1. The second-order valence-electron chi connectivity index (χ2n) is 4.82. The number of hydrogen-bond donors (Lipinski definition) is 2. The molecule has 1 heterocycles. The number of carbonyl (C=O) groups is 2. The fourth-order valence-electron chi connectivity index (χ4n) is 1.85. The monoisotopic (exact) mass is 326 g/mol. The summed E-state index contributed by atoms with van der Waals surface area (Å²) in [5, 5.41) is 9.19. The molecule has 4 nitrogen and oxygen atoms in total. The van der Waals surface area contributed by atoms with E-state index >= 15 is 0 Å². The van der Waals surface area contributed by atoms with Gasteiger partial charge in [-0.1, -0.05) is 30.0 Å². The van der Waals surface area contributed by atoms with Gasteiger partial charge in [0.1, 0.15) is 0 Å². The lowest BCUT2D eigenvalue weighted by Crippen LogP contribution is -2.27. The molecule has 0 saturated carbocycles. The van der Waals surface area contributed by atoms with Gasteiger partial charge in [-0.15, -0.1) is 0 Å². The average molecular weight is 326 g/mol. The molecule has 0 atom stereocenters. The molecule has 0 bridgehead atoms. The van der Waals surface area contributed by atoms with Crippen LogP contribution < -0.4 is 10.6 Å². The van der Waals surface area contributed by atoms with Crippen LogP contribution in [0.5, 0.6) is 0 Å². The van der Waals surface area contributed by atoms with Crippen LogP contribution in [-0.2, 0) is 4.79 Å². The summed E-state index contributed by atoms with van der Waals surface area (Å²) in [4.78, 5) is 23.3. The SMILES string of the molecule is O=C(CCCNC(=O)c1ccsc1)NCC#Cc1ccccc1. The van der Waals surface area contributed by atoms with Gasteiger partial charge in [-0.2, -0.15) is 11.3 Å². The van der Waals surface area contributed by atoms with E-state index in [1.54, 1.807) is 11.4 Å². The van der Waals surface area contributed by atoms with Crippen LogP contribution in [0.15, 0.2) is 47.2 Å². The minimum atomic E-state index is -0.0969. The van der Waals surface area contributed by atoms with Gasteiger partial charge in [0.2, 0.25) is 5.91 Å². The van der Waals surface area contributed by atoms with Crippen molar-refractivity contribution in [2.75, 3.05) is 13.1 Å². The van der Waals surface area contributed by atoms with Crippen LogP contribution in [0.2, 0.25) is 0 Å². The Kier molecular flexibility index (Phi) is 6.89. The van der Waals surface area contributed by atoms with Gasteiger partial charge in [0.05, 0.1) is 6.54 Å². The van der Waals surface area contributed by atoms with E-state index in [0.717, 1.165) is 5.56 Å². The molecule has 2 rings (SSSR count). The van der Waals surface area contributed by atoms with E-state index in [1.807, 2.05) is 35.7 Å². The van der Waals surface area contributed by atoms with Crippen molar-refractivity contribution in [3.63, 3.8) is 0 Å². The third-order valence-corrected chi connectivity index (χ3v) is 3.71. The Bertz CT molecular complexity index is 685. The molecule has 0 unspecified atom stereocenters. The number of nitrogens with one attached hydrogen (secondary N) is 2. The summed E-state index contributed by atoms with van der Waals surface area (Å²) >= 11 is 1.48. The standard InChI is InChI=1S/C18H18N2O2S/c21-17(19-11-4-8-15-6-2-1-3-7-15)9-5-12-20-18(22)16-10-13-23-14-16/h1-3,6-7,10,13-14H,5,9,11-12H2,(H,19,21)(H,20,22). The zero-order chi connectivity index (χ0) is 16.3. The van der Waals surface area contributed by atoms with Crippen LogP contribution in [0.1, 0.15) is 28.8 Å². The highest BCUT2D eigenvalue weighted by Gasteiger charge is 2.05. The van der Waals surface area contributed by atoms with Crippen LogP contribution >= 0.6 is 11.3 Å². The van der Waals surface area contributed by atoms with Crippen molar-refractivity contribution in [1.82, 2.24) is 10.6 Å². The number of carbonyl (C=O) groups excluding carboxylic acids is 2. The van der Waals surface area contributed by atoms with E-state index in [2.05, 4.69) is 22.5 Å². The molecule has 0 aliphatic heterocycles. The van der Waals surface area contributed by atoms with Gasteiger partial charge in [-0.25, -0.2) is 0 Å². The van der Waals surface area contributed by atoms with Crippen molar-refractivity contribution >= 4 is 23.2 Å². The largest absolute Gasteiger partial charge is 0.352 e. The predicted molar refractivity (Wildman–Crippen MR) is 92.2 cm³/mol. The summed E-state index contributed by atoms with van der Waals surface area (Å²) in [5.74, 6) is 5.73. The highest BCUT2D eigenvalue weighted by molar-refractivity contribution is 7.08. The van der Waals surface area contributed by atoms with Crippen molar-refractivity contribution in [3.8, 4) is 11.8 Å². The first-order valence-electron chi connectivity index (χ1n) is 7.37. The molecule has 2 aromatic rings. The van der Waals surface area contributed by atoms with Gasteiger partial charge < -0.3 is 10.6 Å². The first-order valence-corrected chi connectivity index (χ1v) is 8.31. The molecule has 1 aromatic heterocycles. The number of rotatable bonds is 6. The molecular weight excluding hydrogens is 308 g/mol. The first-order chi connectivity index (χ1) is 11.3. The van der Waals surface area contributed by atoms with Crippen LogP contribution in [0.25, 0.3) is 0 Å². The van der Waals surface area contributed by atoms with Crippen molar-refractivity contribution in [1.29, 1.82) is 0 Å². The minimum Gasteiger partial charge on any atom is -0.352 e. The molecule has 118 valence electrons. The summed E-state index contributed by atoms with van der Waals surface area (Å²) in [6.07, 6.45) is 0.977. The summed E-state index contributed by atoms with van der Waals surface area (Å²) in [6.45, 7) is 0.812. The Balaban J connectivity index is 1.57. The van der Waals surface area contributed by atoms with Crippen molar-refractivity contribution in [2.45, 2.75) is 12.8 Å². The van der Waals surface area contributed by atoms with Gasteiger partial charge >= 0.3 is 0 Å². The van der Waals surface area contributed by atoms with E-state index in [4.69, 9.17) is 0 Å². The molecule has 0 aliphatic rings. The van der Waals surface area contributed by atoms with Gasteiger partial charge in [0.15, 0.2) is 0 Å². The minimum absolute atomic E-state index is 0.0582. The topological polar surface area (TPSA) is 58.2 Å². The van der Waals surface area contributed by atoms with E-state index in [9.17, 15) is 9.59 Å². The van der Waals surface area contributed by atoms with E-state index in [0.29, 0.717) is 31.5 Å². The zero-order valence-electron chi connectivity index (χ0n) is 12.7. The summed E-state index contributed by atoms with van der Waals surface area (Å²) in [6, 6.07) is 11.4. The molecule has 2 amide bonds. The summed E-state index contributed by atoms with van der Waals surface area (Å²) in [7, 11) is 0. The maximum Gasteiger partial charge on any atom is 0.252 e. The lowest BCUT2D eigenvalue weighted by atomic mass is 10.2. The number of thiophene rings is 1. The number of amides is 2. The van der Waals surface area contributed by atoms with Crippen LogP contribution in [0.4, 0.5) is 0 Å². The molecule has 23 heavy (non-hydrogen) atoms. The van der Waals surface area contributed by atoms with Crippen molar-refractivity contribution in [2.24, 2.45) is 0 Å². The van der Waals surface area contributed by atoms with Crippen LogP contribution in [-0.4, -0.2) is 24.9 Å². The smallest absolute Gasteiger partial charge is 0.252 e. The Labute approximate surface area is 139 Å². The maximum absolute atomic E-state index is 11.7. The molecule has 0 fully saturated rings. The fraction of sp³-hybridized carbons (Fsp3) is 0.222. The van der Waals surface area contributed by atoms with Gasteiger partial charge in [0, 0.05) is 29.5 Å². The Hall–Kier alpha value is -2.58. The predicted octanol–water partition coefficient (Wildman–Crippen LogP) is 2.43. The van der Waals surface area contributed by atoms with Crippen molar-refractivity contribution in [3.05, 3.63) is 58.3 Å². The highest BCUT2D eigenvalue weighted by Crippen LogP contribution is 2.05. The lowest BCUT2D eigenvalue weighted by Gasteiger charge is -2.04. The molecule has 5 heteroatoms. The molecule has 0 radical (unpaired) electrons. The molecule has 1 aromatic carbocycles. The Morgan fingerprint density at radius 2 is 1.91 bits per heavy atom. The quantitative estimate of drug-likeness (QED) is 0.633. The third kappa shape index (κ3) is 6.37. The molecule has 0 aliphatic carbocycles. The zero-order valence-corrected chi connectivity index (χ0v) is 13.5. The Morgan fingerprint density at radius 3 is 2.65 bits per heavy atom. The normalized spacial score (nSPS) is 9.57. The molecule has 0 saturated heterocycles. The second-order valence-corrected chi connectivity index (χ2v) is 5.60. The van der Waals surface area contributed by atoms with Gasteiger partial charge in [-0.05, 0) is 30.0 Å². The van der Waals surface area contributed by atoms with E-state index in [-0.39, 0.29) is 11.8 Å². The third-order valence-electron chi connectivity index (χ3n) is 3.03. The molecule has 0 spiro atoms. The molecule has 2 N–H and O–H groups in total. The average Bonchev–Trinajstić information content (AvgIpc) is 3.11. The fourth-order valence-corrected chi connectivity index (χ4v) is 2.48. The second kappa shape index (κ2) is 9.44. The number of hydrogen-bond acceptors (Lipinski definition) is 3. The maximum atomic E-state index is 11.7.